The van der Waals surface area contributed by atoms with Gasteiger partial charge >= 0.3 is 5.97 Å². The van der Waals surface area contributed by atoms with E-state index in [2.05, 4.69) is 0 Å². The van der Waals surface area contributed by atoms with Crippen molar-refractivity contribution in [3.63, 3.8) is 0 Å². The van der Waals surface area contributed by atoms with Crippen LogP contribution < -0.4 is 10.2 Å². The molecular weight excluding hydrogens is 328 g/mol. The number of hydrogen-bond donors (Lipinski definition) is 2. The van der Waals surface area contributed by atoms with E-state index >= 15 is 0 Å². The van der Waals surface area contributed by atoms with Crippen molar-refractivity contribution in [3.8, 4) is 5.75 Å². The Balaban J connectivity index is 1.93. The molecule has 3 rings (SSSR count). The van der Waals surface area contributed by atoms with Gasteiger partial charge in [0.25, 0.3) is 0 Å². The Morgan fingerprint density at radius 1 is 1.00 bits per heavy atom. The predicted molar refractivity (Wildman–Crippen MR) is 90.3 cm³/mol. The quantitative estimate of drug-likeness (QED) is 0.499. The number of carboxylic acids is 1. The molecule has 0 fully saturated rings. The van der Waals surface area contributed by atoms with Gasteiger partial charge in [-0.1, -0.05) is 0 Å². The van der Waals surface area contributed by atoms with E-state index in [1.165, 1.54) is 18.2 Å². The lowest BCUT2D eigenvalue weighted by Crippen LogP contribution is -2.09. The minimum absolute atomic E-state index is 0.0479. The van der Waals surface area contributed by atoms with Crippen LogP contribution in [0.1, 0.15) is 10.4 Å². The monoisotopic (exact) mass is 344 g/mol. The van der Waals surface area contributed by atoms with Crippen molar-refractivity contribution in [2.75, 3.05) is 26.4 Å². The minimum atomic E-state index is -1.09. The van der Waals surface area contributed by atoms with E-state index in [9.17, 15) is 9.59 Å². The van der Waals surface area contributed by atoms with Crippen LogP contribution >= 0.6 is 0 Å². The highest BCUT2D eigenvalue weighted by atomic mass is 16.5. The molecule has 0 aliphatic carbocycles. The molecule has 0 aliphatic rings. The third-order valence-electron chi connectivity index (χ3n) is 3.62. The van der Waals surface area contributed by atoms with Gasteiger partial charge in [-0.25, -0.2) is 4.79 Å². The van der Waals surface area contributed by atoms with Gasteiger partial charge in [0.1, 0.15) is 23.5 Å². The summed E-state index contributed by atoms with van der Waals surface area (Å²) in [6, 6.07) is 8.99. The van der Waals surface area contributed by atoms with E-state index in [-0.39, 0.29) is 36.4 Å². The molecule has 0 aliphatic heterocycles. The molecule has 1 aromatic heterocycles. The zero-order chi connectivity index (χ0) is 17.8. The van der Waals surface area contributed by atoms with Gasteiger partial charge in [-0.3, -0.25) is 4.79 Å². The van der Waals surface area contributed by atoms with Crippen molar-refractivity contribution in [1.29, 1.82) is 0 Å². The second kappa shape index (κ2) is 7.33. The lowest BCUT2D eigenvalue weighted by molar-refractivity contribution is 0.0697. The predicted octanol–water partition coefficient (Wildman–Crippen LogP) is 2.03. The van der Waals surface area contributed by atoms with Gasteiger partial charge < -0.3 is 24.1 Å². The molecule has 0 unspecified atom stereocenters. The molecule has 2 aromatic carbocycles. The van der Waals surface area contributed by atoms with Gasteiger partial charge in [-0.2, -0.15) is 0 Å². The Labute approximate surface area is 142 Å². The molecule has 7 heteroatoms. The first-order valence-electron chi connectivity index (χ1n) is 7.65. The molecule has 0 amide bonds. The van der Waals surface area contributed by atoms with E-state index in [1.54, 1.807) is 18.2 Å². The van der Waals surface area contributed by atoms with E-state index in [0.717, 1.165) is 0 Å². The second-order valence-corrected chi connectivity index (χ2v) is 5.29. The molecule has 3 aromatic rings. The van der Waals surface area contributed by atoms with Crippen LogP contribution in [0.15, 0.2) is 45.6 Å². The number of ether oxygens (including phenoxy) is 2. The Morgan fingerprint density at radius 3 is 2.60 bits per heavy atom. The summed E-state index contributed by atoms with van der Waals surface area (Å²) >= 11 is 0. The fraction of sp³-hybridized carbons (Fsp3) is 0.222. The minimum Gasteiger partial charge on any atom is -0.491 e. The van der Waals surface area contributed by atoms with Gasteiger partial charge in [0, 0.05) is 0 Å². The molecule has 0 bridgehead atoms. The van der Waals surface area contributed by atoms with E-state index in [4.69, 9.17) is 24.1 Å². The van der Waals surface area contributed by atoms with Crippen molar-refractivity contribution in [2.45, 2.75) is 0 Å². The van der Waals surface area contributed by atoms with Crippen LogP contribution in [-0.4, -0.2) is 42.6 Å². The molecule has 0 spiro atoms. The number of aliphatic hydroxyl groups excluding tert-OH is 1. The van der Waals surface area contributed by atoms with Crippen LogP contribution in [0.25, 0.3) is 21.9 Å². The van der Waals surface area contributed by atoms with Crippen LogP contribution in [0, 0.1) is 0 Å². The molecule has 7 nitrogen and oxygen atoms in total. The zero-order valence-corrected chi connectivity index (χ0v) is 13.2. The maximum Gasteiger partial charge on any atom is 0.335 e. The van der Waals surface area contributed by atoms with Crippen LogP contribution in [-0.2, 0) is 4.74 Å². The molecule has 0 atom stereocenters. The van der Waals surface area contributed by atoms with Gasteiger partial charge in [0.2, 0.25) is 5.43 Å². The van der Waals surface area contributed by atoms with Gasteiger partial charge in [0.05, 0.1) is 36.2 Å². The van der Waals surface area contributed by atoms with Gasteiger partial charge in [-0.15, -0.1) is 0 Å². The van der Waals surface area contributed by atoms with Gasteiger partial charge in [0.15, 0.2) is 0 Å². The summed E-state index contributed by atoms with van der Waals surface area (Å²) in [5.74, 6) is -0.592. The number of aliphatic hydroxyl groups is 1. The Kier molecular flexibility index (Phi) is 4.97. The summed E-state index contributed by atoms with van der Waals surface area (Å²) in [6.45, 7) is 0.804. The summed E-state index contributed by atoms with van der Waals surface area (Å²) < 4.78 is 16.3. The smallest absolute Gasteiger partial charge is 0.335 e. The standard InChI is InChI=1S/C18H16O7/c19-5-6-23-7-8-24-12-2-4-15-14(10-12)17(20)13-3-1-11(18(21)22)9-16(13)25-15/h1-4,9-10,19H,5-8H2,(H,21,22). The van der Waals surface area contributed by atoms with E-state index in [1.807, 2.05) is 0 Å². The van der Waals surface area contributed by atoms with Crippen molar-refractivity contribution in [1.82, 2.24) is 0 Å². The third-order valence-corrected chi connectivity index (χ3v) is 3.62. The lowest BCUT2D eigenvalue weighted by atomic mass is 10.1. The summed E-state index contributed by atoms with van der Waals surface area (Å²) in [6.07, 6.45) is 0. The van der Waals surface area contributed by atoms with Crippen molar-refractivity contribution in [3.05, 3.63) is 52.2 Å². The van der Waals surface area contributed by atoms with E-state index < -0.39 is 5.97 Å². The first-order chi connectivity index (χ1) is 12.1. The van der Waals surface area contributed by atoms with Gasteiger partial charge in [-0.05, 0) is 36.4 Å². The SMILES string of the molecule is O=C(O)c1ccc2c(=O)c3cc(OCCOCCO)ccc3oc2c1. The molecule has 0 saturated heterocycles. The molecule has 130 valence electrons. The number of benzene rings is 2. The van der Waals surface area contributed by atoms with E-state index in [0.29, 0.717) is 28.7 Å². The van der Waals surface area contributed by atoms with Crippen molar-refractivity contribution >= 4 is 27.9 Å². The lowest BCUT2D eigenvalue weighted by Gasteiger charge is -2.08. The molecule has 2 N–H and O–H groups in total. The Hall–Kier alpha value is -2.90. The summed E-state index contributed by atoms with van der Waals surface area (Å²) in [4.78, 5) is 23.7. The second-order valence-electron chi connectivity index (χ2n) is 5.29. The van der Waals surface area contributed by atoms with Crippen molar-refractivity contribution in [2.24, 2.45) is 0 Å². The molecular formula is C18H16O7. The van der Waals surface area contributed by atoms with Crippen LogP contribution in [0.4, 0.5) is 0 Å². The molecule has 0 radical (unpaired) electrons. The highest BCUT2D eigenvalue weighted by Crippen LogP contribution is 2.23. The number of carbonyl (C=O) groups is 1. The average Bonchev–Trinajstić information content (AvgIpc) is 2.61. The number of carboxylic acid groups (broad SMARTS) is 1. The Morgan fingerprint density at radius 2 is 1.84 bits per heavy atom. The molecule has 25 heavy (non-hydrogen) atoms. The largest absolute Gasteiger partial charge is 0.491 e. The number of hydrogen-bond acceptors (Lipinski definition) is 6. The topological polar surface area (TPSA) is 106 Å². The highest BCUT2D eigenvalue weighted by molar-refractivity contribution is 5.95. The molecule has 1 heterocycles. The van der Waals surface area contributed by atoms with Crippen molar-refractivity contribution < 1.29 is 28.9 Å². The zero-order valence-electron chi connectivity index (χ0n) is 13.2. The number of rotatable bonds is 7. The number of aromatic carboxylic acids is 1. The van der Waals surface area contributed by atoms with Crippen LogP contribution in [0.2, 0.25) is 0 Å². The fourth-order valence-corrected chi connectivity index (χ4v) is 2.44. The van der Waals surface area contributed by atoms with Crippen LogP contribution in [0.3, 0.4) is 0 Å². The summed E-state index contributed by atoms with van der Waals surface area (Å²) in [7, 11) is 0. The first kappa shape index (κ1) is 16.9. The fourth-order valence-electron chi connectivity index (χ4n) is 2.44. The van der Waals surface area contributed by atoms with Crippen LogP contribution in [0.5, 0.6) is 5.75 Å². The summed E-state index contributed by atoms with van der Waals surface area (Å²) in [5.41, 5.74) is 0.375. The third kappa shape index (κ3) is 3.62. The number of fused-ring (bicyclic) bond motifs is 2. The first-order valence-corrected chi connectivity index (χ1v) is 7.65. The Bertz CT molecular complexity index is 974. The summed E-state index contributed by atoms with van der Waals surface area (Å²) in [5, 5.41) is 18.3. The average molecular weight is 344 g/mol. The molecule has 0 saturated carbocycles. The normalized spacial score (nSPS) is 11.1. The maximum absolute atomic E-state index is 12.6. The highest BCUT2D eigenvalue weighted by Gasteiger charge is 2.11. The maximum atomic E-state index is 12.6.